The lowest BCUT2D eigenvalue weighted by Gasteiger charge is -2.21. The molecule has 0 fully saturated rings. The van der Waals surface area contributed by atoms with E-state index in [1.807, 2.05) is 19.9 Å². The molecular formula is C10H21NO. The van der Waals surface area contributed by atoms with Crippen molar-refractivity contribution in [2.24, 2.45) is 5.41 Å². The fourth-order valence-electron chi connectivity index (χ4n) is 0.854. The lowest BCUT2D eigenvalue weighted by Crippen LogP contribution is -2.32. The topological polar surface area (TPSA) is 32.3 Å². The highest BCUT2D eigenvalue weighted by atomic mass is 16.3. The maximum Gasteiger partial charge on any atom is 0.0494 e. The molecule has 0 radical (unpaired) electrons. The number of unbranched alkanes of at least 4 members (excludes halogenated alkanes) is 1. The Morgan fingerprint density at radius 1 is 1.50 bits per heavy atom. The molecule has 0 heterocycles. The number of hydrogen-bond acceptors (Lipinski definition) is 2. The highest BCUT2D eigenvalue weighted by Gasteiger charge is 2.14. The summed E-state index contributed by atoms with van der Waals surface area (Å²) in [7, 11) is 0. The molecule has 0 unspecified atom stereocenters. The van der Waals surface area contributed by atoms with Gasteiger partial charge < -0.3 is 10.4 Å². The molecule has 0 aliphatic rings. The molecule has 0 aromatic heterocycles. The zero-order chi connectivity index (χ0) is 9.45. The molecule has 12 heavy (non-hydrogen) atoms. The molecule has 2 heteroatoms. The van der Waals surface area contributed by atoms with Gasteiger partial charge in [0.15, 0.2) is 0 Å². The van der Waals surface area contributed by atoms with Crippen LogP contribution in [0.4, 0.5) is 0 Å². The monoisotopic (exact) mass is 171 g/mol. The number of rotatable bonds is 7. The first-order chi connectivity index (χ1) is 5.62. The second kappa shape index (κ2) is 6.21. The van der Waals surface area contributed by atoms with Gasteiger partial charge in [-0.05, 0) is 19.4 Å². The van der Waals surface area contributed by atoms with Crippen LogP contribution in [0.2, 0.25) is 0 Å². The van der Waals surface area contributed by atoms with Gasteiger partial charge in [0.25, 0.3) is 0 Å². The predicted octanol–water partition coefficient (Wildman–Crippen LogP) is 1.56. The molecule has 0 saturated heterocycles. The lowest BCUT2D eigenvalue weighted by atomic mass is 9.95. The van der Waals surface area contributed by atoms with Crippen molar-refractivity contribution in [2.45, 2.75) is 26.7 Å². The van der Waals surface area contributed by atoms with Gasteiger partial charge in [0, 0.05) is 18.6 Å². The van der Waals surface area contributed by atoms with Crippen molar-refractivity contribution in [3.8, 4) is 0 Å². The van der Waals surface area contributed by atoms with Crippen LogP contribution in [-0.2, 0) is 0 Å². The number of hydrogen-bond donors (Lipinski definition) is 2. The second-order valence-corrected chi connectivity index (χ2v) is 3.93. The molecule has 0 bridgehead atoms. The van der Waals surface area contributed by atoms with Crippen LogP contribution >= 0.6 is 0 Å². The molecule has 0 aromatic rings. The second-order valence-electron chi connectivity index (χ2n) is 3.93. The quantitative estimate of drug-likeness (QED) is 0.450. The highest BCUT2D eigenvalue weighted by molar-refractivity contribution is 4.71. The Labute approximate surface area is 75.7 Å². The van der Waals surface area contributed by atoms with Crippen molar-refractivity contribution < 1.29 is 5.11 Å². The summed E-state index contributed by atoms with van der Waals surface area (Å²) in [5.74, 6) is 0. The fraction of sp³-hybridized carbons (Fsp3) is 0.800. The maximum absolute atomic E-state index is 8.94. The van der Waals surface area contributed by atoms with Crippen LogP contribution in [0.1, 0.15) is 26.7 Å². The van der Waals surface area contributed by atoms with E-state index >= 15 is 0 Å². The van der Waals surface area contributed by atoms with Gasteiger partial charge >= 0.3 is 0 Å². The Hall–Kier alpha value is -0.340. The number of aliphatic hydroxyl groups excluding tert-OH is 1. The standard InChI is InChI=1S/C10H21NO/c1-4-5-6-7-11-8-10(2,3)9-12/h4,11-12H,1,5-9H2,2-3H3. The summed E-state index contributed by atoms with van der Waals surface area (Å²) >= 11 is 0. The van der Waals surface area contributed by atoms with E-state index in [0.717, 1.165) is 25.9 Å². The van der Waals surface area contributed by atoms with Crippen molar-refractivity contribution in [3.63, 3.8) is 0 Å². The van der Waals surface area contributed by atoms with Crippen LogP contribution in [0.5, 0.6) is 0 Å². The SMILES string of the molecule is C=CCCCNCC(C)(C)CO. The normalized spacial score (nSPS) is 11.6. The van der Waals surface area contributed by atoms with Gasteiger partial charge in [-0.1, -0.05) is 19.9 Å². The Balaban J connectivity index is 3.24. The number of aliphatic hydroxyl groups is 1. The van der Waals surface area contributed by atoms with E-state index in [-0.39, 0.29) is 12.0 Å². The van der Waals surface area contributed by atoms with Crippen molar-refractivity contribution in [1.29, 1.82) is 0 Å². The molecule has 2 N–H and O–H groups in total. The minimum Gasteiger partial charge on any atom is -0.396 e. The molecule has 0 spiro atoms. The first-order valence-electron chi connectivity index (χ1n) is 4.55. The van der Waals surface area contributed by atoms with E-state index < -0.39 is 0 Å². The van der Waals surface area contributed by atoms with E-state index in [1.165, 1.54) is 0 Å². The molecular weight excluding hydrogens is 150 g/mol. The zero-order valence-electron chi connectivity index (χ0n) is 8.27. The van der Waals surface area contributed by atoms with Gasteiger partial charge in [0.2, 0.25) is 0 Å². The summed E-state index contributed by atoms with van der Waals surface area (Å²) in [6, 6.07) is 0. The summed E-state index contributed by atoms with van der Waals surface area (Å²) in [5.41, 5.74) is 0.00811. The summed E-state index contributed by atoms with van der Waals surface area (Å²) in [6.07, 6.45) is 4.12. The van der Waals surface area contributed by atoms with Gasteiger partial charge in [0.05, 0.1) is 0 Å². The third kappa shape index (κ3) is 6.38. The van der Waals surface area contributed by atoms with Gasteiger partial charge in [-0.2, -0.15) is 0 Å². The largest absolute Gasteiger partial charge is 0.396 e. The van der Waals surface area contributed by atoms with E-state index in [2.05, 4.69) is 11.9 Å². The Morgan fingerprint density at radius 2 is 2.17 bits per heavy atom. The molecule has 72 valence electrons. The Bertz CT molecular complexity index is 121. The number of allylic oxidation sites excluding steroid dienone is 1. The summed E-state index contributed by atoms with van der Waals surface area (Å²) < 4.78 is 0. The third-order valence-corrected chi connectivity index (χ3v) is 1.79. The molecule has 2 nitrogen and oxygen atoms in total. The third-order valence-electron chi connectivity index (χ3n) is 1.79. The van der Waals surface area contributed by atoms with Crippen LogP contribution in [-0.4, -0.2) is 24.8 Å². The van der Waals surface area contributed by atoms with E-state index in [0.29, 0.717) is 0 Å². The molecule has 0 rings (SSSR count). The van der Waals surface area contributed by atoms with Gasteiger partial charge in [-0.3, -0.25) is 0 Å². The summed E-state index contributed by atoms with van der Waals surface area (Å²) in [4.78, 5) is 0. The van der Waals surface area contributed by atoms with Gasteiger partial charge in [0.1, 0.15) is 0 Å². The van der Waals surface area contributed by atoms with E-state index in [1.54, 1.807) is 0 Å². The number of nitrogens with one attached hydrogen (secondary N) is 1. The summed E-state index contributed by atoms with van der Waals surface area (Å²) in [6.45, 7) is 9.88. The Morgan fingerprint density at radius 3 is 2.67 bits per heavy atom. The van der Waals surface area contributed by atoms with Crippen LogP contribution in [0.15, 0.2) is 12.7 Å². The van der Waals surface area contributed by atoms with E-state index in [4.69, 9.17) is 5.11 Å². The first kappa shape index (κ1) is 11.7. The van der Waals surface area contributed by atoms with Crippen molar-refractivity contribution >= 4 is 0 Å². The van der Waals surface area contributed by atoms with Crippen molar-refractivity contribution in [2.75, 3.05) is 19.7 Å². The highest BCUT2D eigenvalue weighted by Crippen LogP contribution is 2.10. The van der Waals surface area contributed by atoms with Crippen molar-refractivity contribution in [1.82, 2.24) is 5.32 Å². The zero-order valence-corrected chi connectivity index (χ0v) is 8.27. The Kier molecular flexibility index (Phi) is 6.03. The van der Waals surface area contributed by atoms with Crippen LogP contribution in [0.3, 0.4) is 0 Å². The van der Waals surface area contributed by atoms with Gasteiger partial charge in [-0.25, -0.2) is 0 Å². The first-order valence-corrected chi connectivity index (χ1v) is 4.55. The van der Waals surface area contributed by atoms with E-state index in [9.17, 15) is 0 Å². The minimum atomic E-state index is 0.00811. The van der Waals surface area contributed by atoms with Crippen LogP contribution in [0, 0.1) is 5.41 Å². The maximum atomic E-state index is 8.94. The van der Waals surface area contributed by atoms with Gasteiger partial charge in [-0.15, -0.1) is 6.58 Å². The van der Waals surface area contributed by atoms with Crippen LogP contribution < -0.4 is 5.32 Å². The average molecular weight is 171 g/mol. The smallest absolute Gasteiger partial charge is 0.0494 e. The lowest BCUT2D eigenvalue weighted by molar-refractivity contribution is 0.157. The fourth-order valence-corrected chi connectivity index (χ4v) is 0.854. The van der Waals surface area contributed by atoms with Crippen LogP contribution in [0.25, 0.3) is 0 Å². The molecule has 0 saturated carbocycles. The molecule has 0 aromatic carbocycles. The average Bonchev–Trinajstić information content (AvgIpc) is 2.04. The molecule has 0 aliphatic heterocycles. The molecule has 0 atom stereocenters. The predicted molar refractivity (Wildman–Crippen MR) is 53.2 cm³/mol. The minimum absolute atomic E-state index is 0.00811. The van der Waals surface area contributed by atoms with Crippen molar-refractivity contribution in [3.05, 3.63) is 12.7 Å². The molecule has 0 amide bonds. The molecule has 0 aliphatic carbocycles. The summed E-state index contributed by atoms with van der Waals surface area (Å²) in [5, 5.41) is 12.2.